The molecule has 0 saturated heterocycles. The van der Waals surface area contributed by atoms with Gasteiger partial charge in [0.15, 0.2) is 0 Å². The summed E-state index contributed by atoms with van der Waals surface area (Å²) < 4.78 is 6.76. The molecule has 0 saturated carbocycles. The first kappa shape index (κ1) is 13.0. The number of rotatable bonds is 5. The minimum absolute atomic E-state index is 0.488. The zero-order valence-electron chi connectivity index (χ0n) is 9.76. The number of nitrogens with one attached hydrogen (secondary N) is 1. The van der Waals surface area contributed by atoms with Gasteiger partial charge in [0.05, 0.1) is 6.54 Å². The molecule has 0 bridgehead atoms. The van der Waals surface area contributed by atoms with Crippen LogP contribution in [0.15, 0.2) is 10.5 Å². The largest absolute Gasteiger partial charge is 0.491 e. The minimum atomic E-state index is 0.488. The fourth-order valence-corrected chi connectivity index (χ4v) is 2.14. The van der Waals surface area contributed by atoms with Gasteiger partial charge in [-0.15, -0.1) is 0 Å². The number of carbonyl (C=O) groups excluding carboxylic acids is 1. The van der Waals surface area contributed by atoms with Crippen LogP contribution in [0.1, 0.15) is 16.7 Å². The Labute approximate surface area is 104 Å². The molecule has 1 amide bonds. The van der Waals surface area contributed by atoms with E-state index in [9.17, 15) is 4.79 Å². The minimum Gasteiger partial charge on any atom is -0.491 e. The average molecular weight is 286 g/mol. The van der Waals surface area contributed by atoms with Gasteiger partial charge in [0.2, 0.25) is 6.41 Å². The molecule has 0 radical (unpaired) electrons. The molecule has 0 aromatic heterocycles. The van der Waals surface area contributed by atoms with Gasteiger partial charge >= 0.3 is 0 Å². The van der Waals surface area contributed by atoms with Crippen LogP contribution in [-0.2, 0) is 4.79 Å². The van der Waals surface area contributed by atoms with E-state index in [1.54, 1.807) is 0 Å². The normalized spacial score (nSPS) is 10.0. The summed E-state index contributed by atoms with van der Waals surface area (Å²) in [6.45, 7) is 7.11. The predicted molar refractivity (Wildman–Crippen MR) is 67.9 cm³/mol. The van der Waals surface area contributed by atoms with E-state index in [0.717, 1.165) is 21.3 Å². The van der Waals surface area contributed by atoms with Gasteiger partial charge in [0.1, 0.15) is 12.4 Å². The van der Waals surface area contributed by atoms with Crippen molar-refractivity contribution in [2.24, 2.45) is 0 Å². The number of hydrogen-bond donors (Lipinski definition) is 1. The van der Waals surface area contributed by atoms with Crippen molar-refractivity contribution in [2.45, 2.75) is 20.8 Å². The van der Waals surface area contributed by atoms with E-state index in [1.807, 2.05) is 19.9 Å². The Morgan fingerprint density at radius 2 is 2.06 bits per heavy atom. The summed E-state index contributed by atoms with van der Waals surface area (Å²) in [6.07, 6.45) is 0.676. The van der Waals surface area contributed by atoms with Gasteiger partial charge in [-0.25, -0.2) is 0 Å². The van der Waals surface area contributed by atoms with Gasteiger partial charge in [-0.05, 0) is 43.5 Å². The zero-order valence-corrected chi connectivity index (χ0v) is 11.3. The second-order valence-corrected chi connectivity index (χ2v) is 4.53. The van der Waals surface area contributed by atoms with E-state index in [4.69, 9.17) is 4.74 Å². The maximum Gasteiger partial charge on any atom is 0.207 e. The highest BCUT2D eigenvalue weighted by Crippen LogP contribution is 2.31. The fourth-order valence-electron chi connectivity index (χ4n) is 1.50. The molecular formula is C12H16BrNO2. The highest BCUT2D eigenvalue weighted by atomic mass is 79.9. The molecule has 0 unspecified atom stereocenters. The number of amides is 1. The summed E-state index contributed by atoms with van der Waals surface area (Å²) in [7, 11) is 0. The summed E-state index contributed by atoms with van der Waals surface area (Å²) in [6, 6.07) is 2.05. The molecule has 1 rings (SSSR count). The van der Waals surface area contributed by atoms with E-state index >= 15 is 0 Å². The number of benzene rings is 1. The Morgan fingerprint density at radius 1 is 1.38 bits per heavy atom. The van der Waals surface area contributed by atoms with Crippen molar-refractivity contribution in [2.75, 3.05) is 13.2 Å². The van der Waals surface area contributed by atoms with E-state index < -0.39 is 0 Å². The third-order valence-corrected chi connectivity index (χ3v) is 3.36. The molecule has 0 spiro atoms. The molecule has 1 aromatic carbocycles. The van der Waals surface area contributed by atoms with Gasteiger partial charge in [-0.1, -0.05) is 15.9 Å². The number of carbonyl (C=O) groups is 1. The molecule has 0 aliphatic carbocycles. The topological polar surface area (TPSA) is 38.3 Å². The lowest BCUT2D eigenvalue weighted by Gasteiger charge is -2.15. The van der Waals surface area contributed by atoms with Crippen molar-refractivity contribution in [1.29, 1.82) is 0 Å². The lowest BCUT2D eigenvalue weighted by molar-refractivity contribution is -0.109. The number of hydrogen-bond acceptors (Lipinski definition) is 2. The second-order valence-electron chi connectivity index (χ2n) is 3.67. The number of ether oxygens (including phenoxy) is 1. The summed E-state index contributed by atoms with van der Waals surface area (Å²) in [4.78, 5) is 10.1. The van der Waals surface area contributed by atoms with Crippen LogP contribution in [0.5, 0.6) is 5.75 Å². The third-order valence-electron chi connectivity index (χ3n) is 2.54. The monoisotopic (exact) mass is 285 g/mol. The molecule has 16 heavy (non-hydrogen) atoms. The molecule has 1 N–H and O–H groups in total. The highest BCUT2D eigenvalue weighted by Gasteiger charge is 2.09. The van der Waals surface area contributed by atoms with Crippen LogP contribution in [0.4, 0.5) is 0 Å². The van der Waals surface area contributed by atoms with Gasteiger partial charge in [0, 0.05) is 4.47 Å². The molecule has 0 aliphatic heterocycles. The molecule has 3 nitrogen and oxygen atoms in total. The molecule has 0 aliphatic rings. The smallest absolute Gasteiger partial charge is 0.207 e. The number of halogens is 1. The predicted octanol–water partition coefficient (Wildman–Crippen LogP) is 2.50. The molecular weight excluding hydrogens is 270 g/mol. The molecule has 1 aromatic rings. The summed E-state index contributed by atoms with van der Waals surface area (Å²) in [5.41, 5.74) is 3.42. The van der Waals surface area contributed by atoms with Crippen LogP contribution in [0.3, 0.4) is 0 Å². The Balaban J connectivity index is 2.79. The maximum atomic E-state index is 10.1. The van der Waals surface area contributed by atoms with Crippen LogP contribution < -0.4 is 10.1 Å². The SMILES string of the molecule is Cc1cc(Br)c(C)c(C)c1OCCNC=O. The van der Waals surface area contributed by atoms with Crippen molar-refractivity contribution in [3.05, 3.63) is 27.2 Å². The number of aryl methyl sites for hydroxylation is 1. The van der Waals surface area contributed by atoms with Crippen molar-refractivity contribution < 1.29 is 9.53 Å². The molecule has 0 fully saturated rings. The van der Waals surface area contributed by atoms with Gasteiger partial charge in [0.25, 0.3) is 0 Å². The Hall–Kier alpha value is -1.03. The summed E-state index contributed by atoms with van der Waals surface area (Å²) >= 11 is 3.51. The van der Waals surface area contributed by atoms with Crippen molar-refractivity contribution >= 4 is 22.3 Å². The first-order valence-electron chi connectivity index (χ1n) is 5.14. The summed E-state index contributed by atoms with van der Waals surface area (Å²) in [5.74, 6) is 0.911. The summed E-state index contributed by atoms with van der Waals surface area (Å²) in [5, 5.41) is 2.57. The van der Waals surface area contributed by atoms with Gasteiger partial charge < -0.3 is 10.1 Å². The lowest BCUT2D eigenvalue weighted by Crippen LogP contribution is -2.19. The van der Waals surface area contributed by atoms with Gasteiger partial charge in [-0.2, -0.15) is 0 Å². The van der Waals surface area contributed by atoms with E-state index in [1.165, 1.54) is 5.56 Å². The van der Waals surface area contributed by atoms with Crippen molar-refractivity contribution in [1.82, 2.24) is 5.32 Å². The Bertz CT molecular complexity index is 391. The Morgan fingerprint density at radius 3 is 2.69 bits per heavy atom. The standard InChI is InChI=1S/C12H16BrNO2/c1-8-6-11(13)9(2)10(3)12(8)16-5-4-14-7-15/h6-7H,4-5H2,1-3H3,(H,14,15). The second kappa shape index (κ2) is 5.89. The first-order valence-corrected chi connectivity index (χ1v) is 5.93. The van der Waals surface area contributed by atoms with Crippen molar-refractivity contribution in [3.8, 4) is 5.75 Å². The molecule has 0 atom stereocenters. The highest BCUT2D eigenvalue weighted by molar-refractivity contribution is 9.10. The molecule has 4 heteroatoms. The Kier molecular flexibility index (Phi) is 4.80. The van der Waals surface area contributed by atoms with Crippen LogP contribution in [0.2, 0.25) is 0 Å². The van der Waals surface area contributed by atoms with Gasteiger partial charge in [-0.3, -0.25) is 4.79 Å². The zero-order chi connectivity index (χ0) is 12.1. The van der Waals surface area contributed by atoms with Crippen LogP contribution in [0, 0.1) is 20.8 Å². The van der Waals surface area contributed by atoms with E-state index in [0.29, 0.717) is 19.6 Å². The fraction of sp³-hybridized carbons (Fsp3) is 0.417. The van der Waals surface area contributed by atoms with Crippen LogP contribution >= 0.6 is 15.9 Å². The quantitative estimate of drug-likeness (QED) is 0.667. The first-order chi connectivity index (χ1) is 7.57. The lowest BCUT2D eigenvalue weighted by atomic mass is 10.1. The van der Waals surface area contributed by atoms with Crippen LogP contribution in [0.25, 0.3) is 0 Å². The van der Waals surface area contributed by atoms with E-state index in [-0.39, 0.29) is 0 Å². The van der Waals surface area contributed by atoms with Crippen molar-refractivity contribution in [3.63, 3.8) is 0 Å². The average Bonchev–Trinajstić information content (AvgIpc) is 2.25. The maximum absolute atomic E-state index is 10.1. The van der Waals surface area contributed by atoms with Crippen LogP contribution in [-0.4, -0.2) is 19.6 Å². The molecule has 88 valence electrons. The third kappa shape index (κ3) is 2.98. The van der Waals surface area contributed by atoms with E-state index in [2.05, 4.69) is 28.2 Å². The molecule has 0 heterocycles.